The minimum absolute atomic E-state index is 0. The lowest BCUT2D eigenvalue weighted by Crippen LogP contribution is -2.24. The molecule has 0 atom stereocenters. The summed E-state index contributed by atoms with van der Waals surface area (Å²) in [5.41, 5.74) is 4.97. The lowest BCUT2D eigenvalue weighted by atomic mass is 9.98. The summed E-state index contributed by atoms with van der Waals surface area (Å²) in [6.45, 7) is 4.24. The van der Waals surface area contributed by atoms with E-state index in [2.05, 4.69) is 15.7 Å². The van der Waals surface area contributed by atoms with E-state index >= 15 is 0 Å². The van der Waals surface area contributed by atoms with Crippen LogP contribution in [0.3, 0.4) is 0 Å². The van der Waals surface area contributed by atoms with Crippen molar-refractivity contribution in [2.45, 2.75) is 26.4 Å². The van der Waals surface area contributed by atoms with Crippen molar-refractivity contribution in [1.82, 2.24) is 15.1 Å². The van der Waals surface area contributed by atoms with Crippen molar-refractivity contribution in [3.05, 3.63) is 80.5 Å². The Morgan fingerprint density at radius 2 is 2.00 bits per heavy atom. The third kappa shape index (κ3) is 4.93. The summed E-state index contributed by atoms with van der Waals surface area (Å²) >= 11 is 12.2. The number of anilines is 1. The van der Waals surface area contributed by atoms with Crippen LogP contribution in [0.15, 0.2) is 42.5 Å². The number of halogens is 3. The zero-order valence-corrected chi connectivity index (χ0v) is 18.2. The van der Waals surface area contributed by atoms with Crippen molar-refractivity contribution in [1.29, 1.82) is 0 Å². The zero-order valence-electron chi connectivity index (χ0n) is 15.8. The minimum Gasteiger partial charge on any atom is -0.312 e. The van der Waals surface area contributed by atoms with Gasteiger partial charge in [0.2, 0.25) is 0 Å². The summed E-state index contributed by atoms with van der Waals surface area (Å²) in [5, 5.41) is 11.9. The molecule has 2 heterocycles. The van der Waals surface area contributed by atoms with Gasteiger partial charge in [-0.25, -0.2) is 0 Å². The van der Waals surface area contributed by atoms with Gasteiger partial charge in [-0.1, -0.05) is 35.3 Å². The Balaban J connectivity index is 0.00000240. The second kappa shape index (κ2) is 9.18. The van der Waals surface area contributed by atoms with E-state index in [9.17, 15) is 4.79 Å². The fourth-order valence-electron chi connectivity index (χ4n) is 3.35. The monoisotopic (exact) mass is 450 g/mol. The topological polar surface area (TPSA) is 59.0 Å². The van der Waals surface area contributed by atoms with E-state index in [-0.39, 0.29) is 18.3 Å². The number of nitrogens with one attached hydrogen (secondary N) is 2. The van der Waals surface area contributed by atoms with Crippen molar-refractivity contribution >= 4 is 47.3 Å². The van der Waals surface area contributed by atoms with Crippen LogP contribution in [0.2, 0.25) is 10.0 Å². The van der Waals surface area contributed by atoms with Gasteiger partial charge in [-0.3, -0.25) is 9.48 Å². The van der Waals surface area contributed by atoms with E-state index in [0.29, 0.717) is 28.0 Å². The number of carbonyl (C=O) groups excluding carboxylic acids is 1. The first-order valence-corrected chi connectivity index (χ1v) is 9.87. The van der Waals surface area contributed by atoms with E-state index in [1.54, 1.807) is 12.1 Å². The van der Waals surface area contributed by atoms with Gasteiger partial charge in [-0.15, -0.1) is 12.4 Å². The standard InChI is InChI=1S/C21H20Cl2N4O.ClH/c1-13-8-20(26-27(13)12-17-4-5-18(22)10-19(17)23)25-21(28)15-2-3-16-11-24-7-6-14(16)9-15;/h2-5,8-10,24H,6-7,11-12H2,1H3,(H,25,26,28);1H. The number of carbonyl (C=O) groups is 1. The Hall–Kier alpha value is -2.05. The molecule has 1 amide bonds. The maximum Gasteiger partial charge on any atom is 0.256 e. The molecule has 29 heavy (non-hydrogen) atoms. The van der Waals surface area contributed by atoms with Gasteiger partial charge in [0, 0.05) is 33.9 Å². The number of amides is 1. The van der Waals surface area contributed by atoms with E-state index in [1.165, 1.54) is 11.1 Å². The molecular weight excluding hydrogens is 431 g/mol. The molecule has 8 heteroatoms. The van der Waals surface area contributed by atoms with Gasteiger partial charge < -0.3 is 10.6 Å². The van der Waals surface area contributed by atoms with Crippen molar-refractivity contribution in [2.24, 2.45) is 0 Å². The highest BCUT2D eigenvalue weighted by atomic mass is 35.5. The van der Waals surface area contributed by atoms with Crippen LogP contribution in [0.25, 0.3) is 0 Å². The Bertz CT molecular complexity index is 1050. The quantitative estimate of drug-likeness (QED) is 0.595. The predicted molar refractivity (Wildman–Crippen MR) is 120 cm³/mol. The second-order valence-corrected chi connectivity index (χ2v) is 7.77. The highest BCUT2D eigenvalue weighted by molar-refractivity contribution is 6.35. The van der Waals surface area contributed by atoms with Gasteiger partial charge in [-0.05, 0) is 60.8 Å². The van der Waals surface area contributed by atoms with Crippen molar-refractivity contribution < 1.29 is 4.79 Å². The molecule has 4 rings (SSSR count). The number of aryl methyl sites for hydroxylation is 1. The first-order valence-electron chi connectivity index (χ1n) is 9.12. The van der Waals surface area contributed by atoms with Crippen LogP contribution in [0, 0.1) is 6.92 Å². The largest absolute Gasteiger partial charge is 0.312 e. The van der Waals surface area contributed by atoms with Crippen LogP contribution in [0.1, 0.15) is 32.7 Å². The molecule has 2 aromatic carbocycles. The number of fused-ring (bicyclic) bond motifs is 1. The number of hydrogen-bond donors (Lipinski definition) is 2. The zero-order chi connectivity index (χ0) is 19.7. The van der Waals surface area contributed by atoms with Crippen LogP contribution < -0.4 is 10.6 Å². The van der Waals surface area contributed by atoms with Gasteiger partial charge in [0.05, 0.1) is 6.54 Å². The molecule has 1 aliphatic heterocycles. The summed E-state index contributed by atoms with van der Waals surface area (Å²) < 4.78 is 1.81. The molecule has 152 valence electrons. The Morgan fingerprint density at radius 3 is 2.79 bits per heavy atom. The number of rotatable bonds is 4. The van der Waals surface area contributed by atoms with Crippen molar-refractivity contribution in [3.63, 3.8) is 0 Å². The van der Waals surface area contributed by atoms with Crippen LogP contribution in [0.5, 0.6) is 0 Å². The maximum absolute atomic E-state index is 12.7. The predicted octanol–water partition coefficient (Wildman–Crippen LogP) is 4.87. The van der Waals surface area contributed by atoms with Gasteiger partial charge in [0.1, 0.15) is 0 Å². The molecule has 1 aromatic heterocycles. The first kappa shape index (κ1) is 21.7. The maximum atomic E-state index is 12.7. The van der Waals surface area contributed by atoms with E-state index < -0.39 is 0 Å². The molecule has 1 aliphatic rings. The smallest absolute Gasteiger partial charge is 0.256 e. The van der Waals surface area contributed by atoms with Crippen LogP contribution >= 0.6 is 35.6 Å². The fourth-order valence-corrected chi connectivity index (χ4v) is 3.82. The molecule has 0 bridgehead atoms. The molecule has 0 spiro atoms. The van der Waals surface area contributed by atoms with E-state index in [0.717, 1.165) is 30.8 Å². The van der Waals surface area contributed by atoms with Gasteiger partial charge in [-0.2, -0.15) is 5.10 Å². The average molecular weight is 452 g/mol. The Labute approximate surface area is 185 Å². The molecular formula is C21H21Cl3N4O. The van der Waals surface area contributed by atoms with Crippen molar-refractivity contribution in [2.75, 3.05) is 11.9 Å². The molecule has 0 saturated carbocycles. The first-order chi connectivity index (χ1) is 13.5. The highest BCUT2D eigenvalue weighted by Crippen LogP contribution is 2.23. The van der Waals surface area contributed by atoms with Gasteiger partial charge in [0.15, 0.2) is 5.82 Å². The van der Waals surface area contributed by atoms with E-state index in [1.807, 2.05) is 41.9 Å². The number of hydrogen-bond acceptors (Lipinski definition) is 3. The normalized spacial score (nSPS) is 12.8. The molecule has 0 unspecified atom stereocenters. The minimum atomic E-state index is -0.157. The summed E-state index contributed by atoms with van der Waals surface area (Å²) in [6.07, 6.45) is 0.937. The van der Waals surface area contributed by atoms with Crippen LogP contribution in [-0.2, 0) is 19.5 Å². The average Bonchev–Trinajstić information content (AvgIpc) is 3.02. The molecule has 0 saturated heterocycles. The second-order valence-electron chi connectivity index (χ2n) is 6.93. The molecule has 3 aromatic rings. The van der Waals surface area contributed by atoms with Crippen LogP contribution in [-0.4, -0.2) is 22.2 Å². The Kier molecular flexibility index (Phi) is 6.85. The summed E-state index contributed by atoms with van der Waals surface area (Å²) in [4.78, 5) is 12.7. The van der Waals surface area contributed by atoms with Gasteiger partial charge >= 0.3 is 0 Å². The highest BCUT2D eigenvalue weighted by Gasteiger charge is 2.14. The third-order valence-corrected chi connectivity index (χ3v) is 5.50. The SMILES string of the molecule is Cc1cc(NC(=O)c2ccc3c(c2)CCNC3)nn1Cc1ccc(Cl)cc1Cl.Cl. The van der Waals surface area contributed by atoms with Crippen molar-refractivity contribution in [3.8, 4) is 0 Å². The number of aromatic nitrogens is 2. The lowest BCUT2D eigenvalue weighted by Gasteiger charge is -2.17. The van der Waals surface area contributed by atoms with Crippen LogP contribution in [0.4, 0.5) is 5.82 Å². The summed E-state index contributed by atoms with van der Waals surface area (Å²) in [7, 11) is 0. The number of nitrogens with zero attached hydrogens (tertiary/aromatic N) is 2. The van der Waals surface area contributed by atoms with Gasteiger partial charge in [0.25, 0.3) is 5.91 Å². The molecule has 5 nitrogen and oxygen atoms in total. The molecule has 0 fully saturated rings. The fraction of sp³-hybridized carbons (Fsp3) is 0.238. The third-order valence-electron chi connectivity index (χ3n) is 4.91. The lowest BCUT2D eigenvalue weighted by molar-refractivity contribution is 0.102. The molecule has 0 radical (unpaired) electrons. The summed E-state index contributed by atoms with van der Waals surface area (Å²) in [5.74, 6) is 0.363. The molecule has 2 N–H and O–H groups in total. The summed E-state index contributed by atoms with van der Waals surface area (Å²) in [6, 6.07) is 13.1. The Morgan fingerprint density at radius 1 is 1.17 bits per heavy atom. The number of benzene rings is 2. The molecule has 0 aliphatic carbocycles. The van der Waals surface area contributed by atoms with E-state index in [4.69, 9.17) is 23.2 Å².